The average molecular weight is 238 g/mol. The smallest absolute Gasteiger partial charge is 0.273 e. The Kier molecular flexibility index (Phi) is 4.20. The summed E-state index contributed by atoms with van der Waals surface area (Å²) in [7, 11) is 1.84. The Balaban J connectivity index is 2.92. The van der Waals surface area contributed by atoms with E-state index in [-0.39, 0.29) is 17.2 Å². The van der Waals surface area contributed by atoms with E-state index in [4.69, 9.17) is 0 Å². The maximum Gasteiger partial charge on any atom is 0.273 e. The fourth-order valence-corrected chi connectivity index (χ4v) is 1.41. The van der Waals surface area contributed by atoms with E-state index in [1.807, 2.05) is 25.8 Å². The van der Waals surface area contributed by atoms with Crippen LogP contribution in [0.4, 0.5) is 5.69 Å². The predicted octanol–water partition coefficient (Wildman–Crippen LogP) is 1.80. The summed E-state index contributed by atoms with van der Waals surface area (Å²) < 4.78 is 0. The van der Waals surface area contributed by atoms with E-state index < -0.39 is 5.54 Å². The van der Waals surface area contributed by atoms with Crippen molar-refractivity contribution < 1.29 is 10.0 Å². The first kappa shape index (κ1) is 13.6. The highest BCUT2D eigenvalue weighted by Crippen LogP contribution is 2.22. The second-order valence-corrected chi connectivity index (χ2v) is 4.71. The molecule has 0 saturated carbocycles. The highest BCUT2D eigenvalue weighted by atomic mass is 16.6. The Bertz CT molecular complexity index is 404. The SMILES string of the molecule is CN(Cc1ccccc1[N+](=O)[O-])C(C)(C)CO. The van der Waals surface area contributed by atoms with Crippen LogP contribution in [0.15, 0.2) is 24.3 Å². The molecule has 0 aliphatic heterocycles. The van der Waals surface area contributed by atoms with Gasteiger partial charge in [-0.1, -0.05) is 18.2 Å². The summed E-state index contributed by atoms with van der Waals surface area (Å²) in [6, 6.07) is 6.66. The first-order chi connectivity index (χ1) is 7.88. The molecular formula is C12H18N2O3. The lowest BCUT2D eigenvalue weighted by Gasteiger charge is -2.33. The zero-order valence-corrected chi connectivity index (χ0v) is 10.4. The normalized spacial score (nSPS) is 11.8. The Labute approximate surface area is 101 Å². The van der Waals surface area contributed by atoms with Crippen LogP contribution >= 0.6 is 0 Å². The second-order valence-electron chi connectivity index (χ2n) is 4.71. The number of aliphatic hydroxyl groups is 1. The van der Waals surface area contributed by atoms with Gasteiger partial charge in [0.15, 0.2) is 0 Å². The van der Waals surface area contributed by atoms with Crippen molar-refractivity contribution in [2.75, 3.05) is 13.7 Å². The van der Waals surface area contributed by atoms with Gasteiger partial charge in [-0.05, 0) is 20.9 Å². The van der Waals surface area contributed by atoms with Gasteiger partial charge in [0.2, 0.25) is 0 Å². The van der Waals surface area contributed by atoms with E-state index in [1.165, 1.54) is 6.07 Å². The molecule has 0 amide bonds. The predicted molar refractivity (Wildman–Crippen MR) is 65.7 cm³/mol. The number of hydrogen-bond acceptors (Lipinski definition) is 4. The Morgan fingerprint density at radius 1 is 1.41 bits per heavy atom. The van der Waals surface area contributed by atoms with Crippen molar-refractivity contribution in [1.82, 2.24) is 4.90 Å². The number of likely N-dealkylation sites (N-methyl/N-ethyl adjacent to an activating group) is 1. The van der Waals surface area contributed by atoms with E-state index in [1.54, 1.807) is 18.2 Å². The van der Waals surface area contributed by atoms with Crippen molar-refractivity contribution >= 4 is 5.69 Å². The fourth-order valence-electron chi connectivity index (χ4n) is 1.41. The van der Waals surface area contributed by atoms with E-state index in [9.17, 15) is 15.2 Å². The molecule has 0 radical (unpaired) electrons. The van der Waals surface area contributed by atoms with Gasteiger partial charge in [-0.25, -0.2) is 0 Å². The molecule has 0 aliphatic rings. The minimum absolute atomic E-state index is 0.00410. The molecule has 0 aliphatic carbocycles. The van der Waals surface area contributed by atoms with Gasteiger partial charge >= 0.3 is 0 Å². The monoisotopic (exact) mass is 238 g/mol. The van der Waals surface area contributed by atoms with E-state index in [0.29, 0.717) is 12.1 Å². The van der Waals surface area contributed by atoms with Crippen LogP contribution in [0.2, 0.25) is 0 Å². The average Bonchev–Trinajstić information content (AvgIpc) is 2.29. The fraction of sp³-hybridized carbons (Fsp3) is 0.500. The molecule has 5 heteroatoms. The lowest BCUT2D eigenvalue weighted by molar-refractivity contribution is -0.385. The maximum absolute atomic E-state index is 10.9. The summed E-state index contributed by atoms with van der Waals surface area (Å²) >= 11 is 0. The number of para-hydroxylation sites is 1. The number of hydrogen-bond donors (Lipinski definition) is 1. The van der Waals surface area contributed by atoms with Crippen LogP contribution in [0.5, 0.6) is 0 Å². The minimum atomic E-state index is -0.399. The first-order valence-electron chi connectivity index (χ1n) is 5.43. The van der Waals surface area contributed by atoms with Crippen molar-refractivity contribution in [1.29, 1.82) is 0 Å². The zero-order valence-electron chi connectivity index (χ0n) is 10.4. The number of nitrogens with zero attached hydrogens (tertiary/aromatic N) is 2. The second kappa shape index (κ2) is 5.25. The Morgan fingerprint density at radius 3 is 2.53 bits per heavy atom. The van der Waals surface area contributed by atoms with E-state index in [2.05, 4.69) is 0 Å². The lowest BCUT2D eigenvalue weighted by atomic mass is 10.0. The molecule has 94 valence electrons. The molecule has 5 nitrogen and oxygen atoms in total. The van der Waals surface area contributed by atoms with Crippen molar-refractivity contribution in [2.45, 2.75) is 25.9 Å². The number of nitro groups is 1. The minimum Gasteiger partial charge on any atom is -0.394 e. The molecule has 0 atom stereocenters. The van der Waals surface area contributed by atoms with Crippen molar-refractivity contribution in [3.8, 4) is 0 Å². The number of rotatable bonds is 5. The summed E-state index contributed by atoms with van der Waals surface area (Å²) in [5.74, 6) is 0. The van der Waals surface area contributed by atoms with Gasteiger partial charge in [-0.3, -0.25) is 15.0 Å². The van der Waals surface area contributed by atoms with Gasteiger partial charge in [0.05, 0.1) is 11.5 Å². The number of nitro benzene ring substituents is 1. The molecule has 1 N–H and O–H groups in total. The van der Waals surface area contributed by atoms with Crippen LogP contribution in [-0.4, -0.2) is 34.1 Å². The van der Waals surface area contributed by atoms with Crippen LogP contribution in [0.1, 0.15) is 19.4 Å². The molecule has 1 aromatic carbocycles. The lowest BCUT2D eigenvalue weighted by Crippen LogP contribution is -2.43. The molecule has 0 saturated heterocycles. The quantitative estimate of drug-likeness (QED) is 0.627. The molecule has 0 fully saturated rings. The highest BCUT2D eigenvalue weighted by molar-refractivity contribution is 5.39. The molecule has 1 rings (SSSR count). The molecule has 0 aromatic heterocycles. The van der Waals surface area contributed by atoms with Gasteiger partial charge < -0.3 is 5.11 Å². The molecular weight excluding hydrogens is 220 g/mol. The highest BCUT2D eigenvalue weighted by Gasteiger charge is 2.24. The van der Waals surface area contributed by atoms with Gasteiger partial charge in [0.25, 0.3) is 5.69 Å². The van der Waals surface area contributed by atoms with E-state index >= 15 is 0 Å². The van der Waals surface area contributed by atoms with Gasteiger partial charge in [-0.2, -0.15) is 0 Å². The van der Waals surface area contributed by atoms with Crippen LogP contribution in [0.25, 0.3) is 0 Å². The third-order valence-corrected chi connectivity index (χ3v) is 3.02. The standard InChI is InChI=1S/C12H18N2O3/c1-12(2,9-15)13(3)8-10-6-4-5-7-11(10)14(16)17/h4-7,15H,8-9H2,1-3H3. The topological polar surface area (TPSA) is 66.6 Å². The van der Waals surface area contributed by atoms with Gasteiger partial charge in [-0.15, -0.1) is 0 Å². The summed E-state index contributed by atoms with van der Waals surface area (Å²) in [5, 5.41) is 20.1. The van der Waals surface area contributed by atoms with Crippen LogP contribution < -0.4 is 0 Å². The molecule has 1 aromatic rings. The first-order valence-corrected chi connectivity index (χ1v) is 5.43. The Morgan fingerprint density at radius 2 is 2.00 bits per heavy atom. The summed E-state index contributed by atoms with van der Waals surface area (Å²) in [5.41, 5.74) is 0.374. The molecule has 0 heterocycles. The number of aliphatic hydroxyl groups excluding tert-OH is 1. The van der Waals surface area contributed by atoms with Crippen molar-refractivity contribution in [3.63, 3.8) is 0 Å². The van der Waals surface area contributed by atoms with Crippen molar-refractivity contribution in [3.05, 3.63) is 39.9 Å². The summed E-state index contributed by atoms with van der Waals surface area (Å²) in [6.07, 6.45) is 0. The summed E-state index contributed by atoms with van der Waals surface area (Å²) in [6.45, 7) is 4.22. The molecule has 0 spiro atoms. The molecule has 0 bridgehead atoms. The van der Waals surface area contributed by atoms with Crippen molar-refractivity contribution in [2.24, 2.45) is 0 Å². The van der Waals surface area contributed by atoms with Crippen LogP contribution in [0, 0.1) is 10.1 Å². The number of benzene rings is 1. The third kappa shape index (κ3) is 3.25. The maximum atomic E-state index is 10.9. The van der Waals surface area contributed by atoms with Gasteiger partial charge in [0.1, 0.15) is 0 Å². The van der Waals surface area contributed by atoms with Crippen LogP contribution in [-0.2, 0) is 6.54 Å². The molecule has 0 unspecified atom stereocenters. The van der Waals surface area contributed by atoms with Crippen LogP contribution in [0.3, 0.4) is 0 Å². The Hall–Kier alpha value is -1.46. The summed E-state index contributed by atoms with van der Waals surface area (Å²) in [4.78, 5) is 12.4. The third-order valence-electron chi connectivity index (χ3n) is 3.02. The van der Waals surface area contributed by atoms with Gasteiger partial charge in [0, 0.05) is 23.7 Å². The molecule has 17 heavy (non-hydrogen) atoms. The zero-order chi connectivity index (χ0) is 13.1. The largest absolute Gasteiger partial charge is 0.394 e. The van der Waals surface area contributed by atoms with E-state index in [0.717, 1.165) is 0 Å².